The van der Waals surface area contributed by atoms with E-state index in [4.69, 9.17) is 4.74 Å². The van der Waals surface area contributed by atoms with E-state index in [9.17, 15) is 4.39 Å². The minimum atomic E-state index is -0.297. The van der Waals surface area contributed by atoms with Gasteiger partial charge in [0.15, 0.2) is 0 Å². The van der Waals surface area contributed by atoms with Gasteiger partial charge in [-0.2, -0.15) is 15.0 Å². The van der Waals surface area contributed by atoms with E-state index < -0.39 is 0 Å². The molecule has 0 aliphatic carbocycles. The Hall–Kier alpha value is -2.44. The summed E-state index contributed by atoms with van der Waals surface area (Å²) >= 11 is 0. The molecular formula is C13H16FN5O. The van der Waals surface area contributed by atoms with E-state index in [0.717, 1.165) is 13.0 Å². The molecule has 0 amide bonds. The van der Waals surface area contributed by atoms with Gasteiger partial charge in [0.25, 0.3) is 0 Å². The predicted octanol–water partition coefficient (Wildman–Crippen LogP) is 2.58. The van der Waals surface area contributed by atoms with Crippen LogP contribution in [0.15, 0.2) is 24.3 Å². The molecule has 1 heterocycles. The van der Waals surface area contributed by atoms with Crippen molar-refractivity contribution in [1.82, 2.24) is 15.0 Å². The zero-order chi connectivity index (χ0) is 14.4. The zero-order valence-corrected chi connectivity index (χ0v) is 11.4. The molecule has 1 aromatic heterocycles. The van der Waals surface area contributed by atoms with Crippen molar-refractivity contribution in [3.63, 3.8) is 0 Å². The third kappa shape index (κ3) is 3.78. The molecule has 106 valence electrons. The Balaban J connectivity index is 2.19. The van der Waals surface area contributed by atoms with Gasteiger partial charge in [-0.25, -0.2) is 4.39 Å². The Morgan fingerprint density at radius 3 is 2.45 bits per heavy atom. The summed E-state index contributed by atoms with van der Waals surface area (Å²) in [6, 6.07) is 6.13. The Labute approximate surface area is 116 Å². The van der Waals surface area contributed by atoms with Crippen LogP contribution in [0.25, 0.3) is 0 Å². The lowest BCUT2D eigenvalue weighted by Gasteiger charge is -2.09. The lowest BCUT2D eigenvalue weighted by molar-refractivity contribution is 0.379. The maximum atomic E-state index is 12.8. The number of methoxy groups -OCH3 is 1. The number of aromatic nitrogens is 3. The normalized spacial score (nSPS) is 10.2. The second-order valence-corrected chi connectivity index (χ2v) is 4.03. The largest absolute Gasteiger partial charge is 0.467 e. The third-order valence-corrected chi connectivity index (χ3v) is 2.43. The van der Waals surface area contributed by atoms with Crippen LogP contribution in [0.4, 0.5) is 22.0 Å². The van der Waals surface area contributed by atoms with Gasteiger partial charge in [0, 0.05) is 12.2 Å². The molecule has 2 N–H and O–H groups in total. The van der Waals surface area contributed by atoms with Crippen LogP contribution in [0.3, 0.4) is 0 Å². The first-order valence-electron chi connectivity index (χ1n) is 6.28. The molecule has 6 nitrogen and oxygen atoms in total. The minimum absolute atomic E-state index is 0.211. The molecule has 0 bridgehead atoms. The van der Waals surface area contributed by atoms with E-state index in [-0.39, 0.29) is 11.8 Å². The highest BCUT2D eigenvalue weighted by Gasteiger charge is 2.06. The Morgan fingerprint density at radius 1 is 1.10 bits per heavy atom. The summed E-state index contributed by atoms with van der Waals surface area (Å²) in [6.07, 6.45) is 0.953. The third-order valence-electron chi connectivity index (χ3n) is 2.43. The van der Waals surface area contributed by atoms with Crippen LogP contribution in [-0.2, 0) is 0 Å². The van der Waals surface area contributed by atoms with Crippen molar-refractivity contribution in [2.75, 3.05) is 24.3 Å². The van der Waals surface area contributed by atoms with Crippen LogP contribution in [-0.4, -0.2) is 28.6 Å². The maximum absolute atomic E-state index is 12.8. The fourth-order valence-electron chi connectivity index (χ4n) is 1.48. The van der Waals surface area contributed by atoms with E-state index >= 15 is 0 Å². The van der Waals surface area contributed by atoms with Gasteiger partial charge in [0.05, 0.1) is 7.11 Å². The van der Waals surface area contributed by atoms with Crippen LogP contribution in [0.1, 0.15) is 13.3 Å². The smallest absolute Gasteiger partial charge is 0.322 e. The van der Waals surface area contributed by atoms with Gasteiger partial charge < -0.3 is 15.4 Å². The monoisotopic (exact) mass is 277 g/mol. The fourth-order valence-corrected chi connectivity index (χ4v) is 1.48. The van der Waals surface area contributed by atoms with Crippen molar-refractivity contribution in [3.05, 3.63) is 30.1 Å². The molecule has 0 unspecified atom stereocenters. The topological polar surface area (TPSA) is 72.0 Å². The summed E-state index contributed by atoms with van der Waals surface area (Å²) in [4.78, 5) is 12.4. The van der Waals surface area contributed by atoms with Crippen LogP contribution in [0.5, 0.6) is 6.01 Å². The van der Waals surface area contributed by atoms with E-state index in [0.29, 0.717) is 17.6 Å². The van der Waals surface area contributed by atoms with E-state index in [1.807, 2.05) is 6.92 Å². The van der Waals surface area contributed by atoms with Gasteiger partial charge in [-0.05, 0) is 30.7 Å². The molecule has 1 aromatic carbocycles. The average Bonchev–Trinajstić information content (AvgIpc) is 2.47. The van der Waals surface area contributed by atoms with Crippen LogP contribution < -0.4 is 15.4 Å². The number of hydrogen-bond acceptors (Lipinski definition) is 6. The first-order chi connectivity index (χ1) is 9.71. The molecule has 2 aromatic rings. The van der Waals surface area contributed by atoms with Crippen LogP contribution in [0.2, 0.25) is 0 Å². The molecule has 7 heteroatoms. The van der Waals surface area contributed by atoms with Crippen molar-refractivity contribution >= 4 is 17.6 Å². The van der Waals surface area contributed by atoms with Crippen molar-refractivity contribution in [2.24, 2.45) is 0 Å². The van der Waals surface area contributed by atoms with Crippen LogP contribution in [0, 0.1) is 5.82 Å². The summed E-state index contributed by atoms with van der Waals surface area (Å²) in [7, 11) is 1.49. The van der Waals surface area contributed by atoms with Crippen molar-refractivity contribution < 1.29 is 9.13 Å². The van der Waals surface area contributed by atoms with Gasteiger partial charge in [-0.3, -0.25) is 0 Å². The molecule has 0 saturated carbocycles. The summed E-state index contributed by atoms with van der Waals surface area (Å²) in [5, 5.41) is 6.04. The number of benzene rings is 1. The molecule has 0 radical (unpaired) electrons. The number of hydrogen-bond donors (Lipinski definition) is 2. The SMILES string of the molecule is CCCNc1nc(Nc2ccc(F)cc2)nc(OC)n1. The Bertz CT molecular complexity index is 561. The molecule has 0 spiro atoms. The Kier molecular flexibility index (Phi) is 4.65. The molecule has 0 fully saturated rings. The highest BCUT2D eigenvalue weighted by molar-refractivity contribution is 5.54. The molecule has 0 aliphatic heterocycles. The molecule has 20 heavy (non-hydrogen) atoms. The highest BCUT2D eigenvalue weighted by Crippen LogP contribution is 2.16. The molecular weight excluding hydrogens is 261 g/mol. The number of halogens is 1. The highest BCUT2D eigenvalue weighted by atomic mass is 19.1. The molecule has 2 rings (SSSR count). The van der Waals surface area contributed by atoms with Gasteiger partial charge in [0.2, 0.25) is 11.9 Å². The van der Waals surface area contributed by atoms with E-state index in [1.165, 1.54) is 19.2 Å². The number of anilines is 3. The van der Waals surface area contributed by atoms with Gasteiger partial charge in [-0.15, -0.1) is 0 Å². The summed E-state index contributed by atoms with van der Waals surface area (Å²) in [5.41, 5.74) is 0.682. The number of ether oxygens (including phenoxy) is 1. The number of nitrogens with zero attached hydrogens (tertiary/aromatic N) is 3. The summed E-state index contributed by atoms with van der Waals surface area (Å²) < 4.78 is 17.9. The standard InChI is InChI=1S/C13H16FN5O/c1-3-8-15-11-17-12(19-13(18-11)20-2)16-10-6-4-9(14)5-7-10/h4-7H,3,8H2,1-2H3,(H2,15,16,17,18,19). The summed E-state index contributed by atoms with van der Waals surface area (Å²) in [6.45, 7) is 2.80. The first-order valence-corrected chi connectivity index (χ1v) is 6.28. The lowest BCUT2D eigenvalue weighted by atomic mass is 10.3. The lowest BCUT2D eigenvalue weighted by Crippen LogP contribution is -2.08. The van der Waals surface area contributed by atoms with E-state index in [1.54, 1.807) is 12.1 Å². The molecule has 0 atom stereocenters. The van der Waals surface area contributed by atoms with Crippen LogP contribution >= 0.6 is 0 Å². The fraction of sp³-hybridized carbons (Fsp3) is 0.308. The van der Waals surface area contributed by atoms with Crippen molar-refractivity contribution in [3.8, 4) is 6.01 Å². The second kappa shape index (κ2) is 6.65. The quantitative estimate of drug-likeness (QED) is 0.845. The van der Waals surface area contributed by atoms with Crippen molar-refractivity contribution in [1.29, 1.82) is 0 Å². The molecule has 0 aliphatic rings. The molecule has 0 saturated heterocycles. The average molecular weight is 277 g/mol. The Morgan fingerprint density at radius 2 is 1.80 bits per heavy atom. The number of rotatable bonds is 6. The zero-order valence-electron chi connectivity index (χ0n) is 11.4. The van der Waals surface area contributed by atoms with E-state index in [2.05, 4.69) is 25.6 Å². The summed E-state index contributed by atoms with van der Waals surface area (Å²) in [5.74, 6) is 0.472. The maximum Gasteiger partial charge on any atom is 0.322 e. The first kappa shape index (κ1) is 14.0. The van der Waals surface area contributed by atoms with Gasteiger partial charge >= 0.3 is 6.01 Å². The van der Waals surface area contributed by atoms with Gasteiger partial charge in [-0.1, -0.05) is 6.92 Å². The number of nitrogens with one attached hydrogen (secondary N) is 2. The predicted molar refractivity (Wildman–Crippen MR) is 74.8 cm³/mol. The van der Waals surface area contributed by atoms with Gasteiger partial charge in [0.1, 0.15) is 5.82 Å². The van der Waals surface area contributed by atoms with Crippen molar-refractivity contribution in [2.45, 2.75) is 13.3 Å². The second-order valence-electron chi connectivity index (χ2n) is 4.03. The minimum Gasteiger partial charge on any atom is -0.467 e.